The summed E-state index contributed by atoms with van der Waals surface area (Å²) in [6, 6.07) is 19.7. The molecule has 1 saturated heterocycles. The average molecular weight is 300 g/mol. The second-order valence-corrected chi connectivity index (χ2v) is 5.27. The van der Waals surface area contributed by atoms with Crippen LogP contribution in [0.15, 0.2) is 60.7 Å². The van der Waals surface area contributed by atoms with Crippen molar-refractivity contribution in [3.63, 3.8) is 0 Å². The number of aliphatic hydroxyl groups excluding tert-OH is 1. The number of ether oxygens (including phenoxy) is 3. The monoisotopic (exact) mass is 300 g/mol. The zero-order valence-corrected chi connectivity index (χ0v) is 12.3. The second kappa shape index (κ2) is 7.51. The zero-order chi connectivity index (χ0) is 15.2. The minimum absolute atomic E-state index is 0.0807. The summed E-state index contributed by atoms with van der Waals surface area (Å²) in [6.45, 7) is 0.834. The topological polar surface area (TPSA) is 47.9 Å². The Balaban J connectivity index is 1.54. The van der Waals surface area contributed by atoms with Gasteiger partial charge in [0.15, 0.2) is 6.29 Å². The maximum absolute atomic E-state index is 9.46. The first-order valence-corrected chi connectivity index (χ1v) is 7.45. The van der Waals surface area contributed by atoms with Crippen molar-refractivity contribution in [1.29, 1.82) is 0 Å². The highest BCUT2D eigenvalue weighted by Gasteiger charge is 2.36. The van der Waals surface area contributed by atoms with Gasteiger partial charge >= 0.3 is 0 Å². The highest BCUT2D eigenvalue weighted by atomic mass is 16.7. The minimum atomic E-state index is -0.441. The molecule has 1 unspecified atom stereocenters. The van der Waals surface area contributed by atoms with Crippen molar-refractivity contribution in [2.45, 2.75) is 25.1 Å². The molecule has 1 fully saturated rings. The highest BCUT2D eigenvalue weighted by Crippen LogP contribution is 2.31. The van der Waals surface area contributed by atoms with Gasteiger partial charge in [0.2, 0.25) is 0 Å². The summed E-state index contributed by atoms with van der Waals surface area (Å²) in [6.07, 6.45) is -1.07. The Morgan fingerprint density at radius 2 is 1.50 bits per heavy atom. The van der Waals surface area contributed by atoms with E-state index in [4.69, 9.17) is 14.2 Å². The molecule has 0 spiro atoms. The van der Waals surface area contributed by atoms with E-state index in [9.17, 15) is 5.11 Å². The molecular weight excluding hydrogens is 280 g/mol. The molecule has 0 saturated carbocycles. The molecule has 2 aromatic rings. The van der Waals surface area contributed by atoms with Crippen LogP contribution in [0.4, 0.5) is 0 Å². The van der Waals surface area contributed by atoms with Crippen LogP contribution in [0, 0.1) is 0 Å². The van der Waals surface area contributed by atoms with Gasteiger partial charge in [-0.15, -0.1) is 0 Å². The third kappa shape index (κ3) is 3.72. The van der Waals surface area contributed by atoms with E-state index in [0.717, 1.165) is 11.1 Å². The van der Waals surface area contributed by atoms with Crippen molar-refractivity contribution in [3.8, 4) is 0 Å². The molecule has 1 N–H and O–H groups in total. The van der Waals surface area contributed by atoms with E-state index in [1.165, 1.54) is 0 Å². The maximum Gasteiger partial charge on any atom is 0.184 e. The number of aliphatic hydroxyl groups is 1. The molecule has 4 nitrogen and oxygen atoms in total. The summed E-state index contributed by atoms with van der Waals surface area (Å²) < 4.78 is 17.3. The molecule has 1 heterocycles. The van der Waals surface area contributed by atoms with E-state index in [1.807, 2.05) is 60.7 Å². The largest absolute Gasteiger partial charge is 0.394 e. The Bertz CT molecular complexity index is 558. The molecule has 1 aliphatic rings. The molecule has 3 atom stereocenters. The lowest BCUT2D eigenvalue weighted by molar-refractivity contribution is -0.0810. The number of hydrogen-bond donors (Lipinski definition) is 1. The molecule has 2 aromatic carbocycles. The van der Waals surface area contributed by atoms with Gasteiger partial charge in [-0.25, -0.2) is 0 Å². The Kier molecular flexibility index (Phi) is 5.19. The molecule has 116 valence electrons. The normalized spacial score (nSPS) is 24.5. The Morgan fingerprint density at radius 3 is 2.18 bits per heavy atom. The van der Waals surface area contributed by atoms with Crippen LogP contribution in [0.1, 0.15) is 17.4 Å². The molecule has 4 heteroatoms. The first-order valence-electron chi connectivity index (χ1n) is 7.45. The van der Waals surface area contributed by atoms with E-state index in [2.05, 4.69) is 0 Å². The van der Waals surface area contributed by atoms with Gasteiger partial charge < -0.3 is 19.3 Å². The highest BCUT2D eigenvalue weighted by molar-refractivity contribution is 5.17. The Labute approximate surface area is 130 Å². The predicted molar refractivity (Wildman–Crippen MR) is 82.1 cm³/mol. The third-order valence-corrected chi connectivity index (χ3v) is 3.66. The van der Waals surface area contributed by atoms with E-state index < -0.39 is 6.29 Å². The standard InChI is InChI=1S/C18H20O4/c19-11-16-17(13-20-12-14-7-3-1-4-8-14)22-18(21-16)15-9-5-2-6-10-15/h1-10,16-19H,11-13H2/t16-,17-,18?/m0/s1. The van der Waals surface area contributed by atoms with Crippen LogP contribution in [-0.2, 0) is 20.8 Å². The van der Waals surface area contributed by atoms with E-state index in [0.29, 0.717) is 13.2 Å². The average Bonchev–Trinajstić information content (AvgIpc) is 3.00. The van der Waals surface area contributed by atoms with Crippen LogP contribution in [0.25, 0.3) is 0 Å². The fourth-order valence-electron chi connectivity index (χ4n) is 2.47. The summed E-state index contributed by atoms with van der Waals surface area (Å²) in [4.78, 5) is 0. The van der Waals surface area contributed by atoms with Gasteiger partial charge in [-0.05, 0) is 5.56 Å². The lowest BCUT2D eigenvalue weighted by Crippen LogP contribution is -2.30. The van der Waals surface area contributed by atoms with Crippen LogP contribution in [0.5, 0.6) is 0 Å². The maximum atomic E-state index is 9.46. The smallest absolute Gasteiger partial charge is 0.184 e. The van der Waals surface area contributed by atoms with Crippen LogP contribution in [0.2, 0.25) is 0 Å². The Morgan fingerprint density at radius 1 is 0.864 bits per heavy atom. The molecule has 3 rings (SSSR count). The van der Waals surface area contributed by atoms with Gasteiger partial charge in [-0.3, -0.25) is 0 Å². The molecule has 0 bridgehead atoms. The summed E-state index contributed by atoms with van der Waals surface area (Å²) in [5.41, 5.74) is 2.06. The molecule has 0 amide bonds. The SMILES string of the molecule is OC[C@@H]1OC(c2ccccc2)O[C@H]1COCc1ccccc1. The summed E-state index contributed by atoms with van der Waals surface area (Å²) in [7, 11) is 0. The fourth-order valence-corrected chi connectivity index (χ4v) is 2.47. The van der Waals surface area contributed by atoms with E-state index in [-0.39, 0.29) is 18.8 Å². The predicted octanol–water partition coefficient (Wildman–Crippen LogP) is 2.68. The number of benzene rings is 2. The van der Waals surface area contributed by atoms with Crippen LogP contribution >= 0.6 is 0 Å². The van der Waals surface area contributed by atoms with Gasteiger partial charge in [0, 0.05) is 5.56 Å². The van der Waals surface area contributed by atoms with E-state index >= 15 is 0 Å². The number of rotatable bonds is 6. The Hall–Kier alpha value is -1.72. The van der Waals surface area contributed by atoms with Gasteiger partial charge in [0.05, 0.1) is 19.8 Å². The fraction of sp³-hybridized carbons (Fsp3) is 0.333. The van der Waals surface area contributed by atoms with Crippen LogP contribution < -0.4 is 0 Å². The molecule has 0 aliphatic carbocycles. The van der Waals surface area contributed by atoms with Gasteiger partial charge in [0.25, 0.3) is 0 Å². The summed E-state index contributed by atoms with van der Waals surface area (Å²) in [5.74, 6) is 0. The lowest BCUT2D eigenvalue weighted by Gasteiger charge is -2.14. The number of hydrogen-bond acceptors (Lipinski definition) is 4. The van der Waals surface area contributed by atoms with Gasteiger partial charge in [-0.2, -0.15) is 0 Å². The van der Waals surface area contributed by atoms with Crippen LogP contribution in [-0.4, -0.2) is 30.5 Å². The van der Waals surface area contributed by atoms with Crippen molar-refractivity contribution in [2.75, 3.05) is 13.2 Å². The van der Waals surface area contributed by atoms with Crippen molar-refractivity contribution in [2.24, 2.45) is 0 Å². The van der Waals surface area contributed by atoms with Crippen LogP contribution in [0.3, 0.4) is 0 Å². The minimum Gasteiger partial charge on any atom is -0.394 e. The molecule has 0 radical (unpaired) electrons. The van der Waals surface area contributed by atoms with Gasteiger partial charge in [-0.1, -0.05) is 60.7 Å². The molecule has 0 aromatic heterocycles. The summed E-state index contributed by atoms with van der Waals surface area (Å²) >= 11 is 0. The first kappa shape index (κ1) is 15.2. The summed E-state index contributed by atoms with van der Waals surface area (Å²) in [5, 5.41) is 9.46. The zero-order valence-electron chi connectivity index (χ0n) is 12.3. The van der Waals surface area contributed by atoms with Crippen molar-refractivity contribution < 1.29 is 19.3 Å². The quantitative estimate of drug-likeness (QED) is 0.891. The molecule has 22 heavy (non-hydrogen) atoms. The lowest BCUT2D eigenvalue weighted by atomic mass is 10.2. The van der Waals surface area contributed by atoms with Crippen molar-refractivity contribution >= 4 is 0 Å². The van der Waals surface area contributed by atoms with Crippen molar-refractivity contribution in [3.05, 3.63) is 71.8 Å². The first-order chi connectivity index (χ1) is 10.9. The van der Waals surface area contributed by atoms with E-state index in [1.54, 1.807) is 0 Å². The second-order valence-electron chi connectivity index (χ2n) is 5.27. The van der Waals surface area contributed by atoms with Gasteiger partial charge in [0.1, 0.15) is 12.2 Å². The molecular formula is C18H20O4. The third-order valence-electron chi connectivity index (χ3n) is 3.66. The molecule has 1 aliphatic heterocycles. The van der Waals surface area contributed by atoms with Crippen molar-refractivity contribution in [1.82, 2.24) is 0 Å².